The molecule has 26 heavy (non-hydrogen) atoms. The van der Waals surface area contributed by atoms with Crippen LogP contribution in [0.25, 0.3) is 0 Å². The summed E-state index contributed by atoms with van der Waals surface area (Å²) in [6.07, 6.45) is 3.03. The van der Waals surface area contributed by atoms with Gasteiger partial charge in [0.25, 0.3) is 11.8 Å². The molecule has 1 fully saturated rings. The third kappa shape index (κ3) is 2.81. The van der Waals surface area contributed by atoms with Gasteiger partial charge in [-0.2, -0.15) is 0 Å². The lowest BCUT2D eigenvalue weighted by atomic mass is 9.87. The number of nitrogens with zero attached hydrogens (tertiary/aromatic N) is 3. The van der Waals surface area contributed by atoms with Crippen molar-refractivity contribution in [1.29, 1.82) is 0 Å². The number of hydrogen-bond acceptors (Lipinski definition) is 5. The minimum atomic E-state index is -0.722. The molecule has 0 aromatic heterocycles. The molecule has 1 N–H and O–H groups in total. The van der Waals surface area contributed by atoms with Crippen molar-refractivity contribution in [3.8, 4) is 5.75 Å². The predicted octanol–water partition coefficient (Wildman–Crippen LogP) is 1.03. The van der Waals surface area contributed by atoms with Crippen LogP contribution < -0.4 is 10.1 Å². The molecule has 4 rings (SSSR count). The number of hydrogen-bond donors (Lipinski definition) is 1. The summed E-state index contributed by atoms with van der Waals surface area (Å²) in [5.74, 6) is 1.45. The van der Waals surface area contributed by atoms with Gasteiger partial charge in [0.15, 0.2) is 0 Å². The number of carbonyl (C=O) groups excluding carboxylic acids is 2. The second kappa shape index (κ2) is 6.30. The normalized spacial score (nSPS) is 20.9. The molecule has 0 aliphatic carbocycles. The Balaban J connectivity index is 1.47. The first-order valence-corrected chi connectivity index (χ1v) is 9.12. The van der Waals surface area contributed by atoms with E-state index in [0.717, 1.165) is 30.8 Å². The summed E-state index contributed by atoms with van der Waals surface area (Å²) < 4.78 is 5.62. The SMILES string of the molecule is CN(C)C1=NC2(CCN(C(=O)c3ccc4c(c3)CCCO4)CC2)C(=O)N1. The molecular formula is C19H24N4O3. The number of guanidine groups is 1. The van der Waals surface area contributed by atoms with E-state index in [1.165, 1.54) is 0 Å². The minimum absolute atomic E-state index is 0.0171. The number of fused-ring (bicyclic) bond motifs is 1. The molecule has 1 saturated heterocycles. The first-order valence-electron chi connectivity index (χ1n) is 9.12. The quantitative estimate of drug-likeness (QED) is 0.816. The maximum absolute atomic E-state index is 12.9. The summed E-state index contributed by atoms with van der Waals surface area (Å²) in [5, 5.41) is 2.84. The van der Waals surface area contributed by atoms with Gasteiger partial charge in [-0.3, -0.25) is 14.9 Å². The van der Waals surface area contributed by atoms with Crippen LogP contribution in [0, 0.1) is 0 Å². The number of likely N-dealkylation sites (tertiary alicyclic amines) is 1. The van der Waals surface area contributed by atoms with Crippen molar-refractivity contribution < 1.29 is 14.3 Å². The molecule has 0 atom stereocenters. The van der Waals surface area contributed by atoms with Gasteiger partial charge in [-0.25, -0.2) is 4.99 Å². The number of aliphatic imine (C=N–C) groups is 1. The summed E-state index contributed by atoms with van der Waals surface area (Å²) in [7, 11) is 3.72. The van der Waals surface area contributed by atoms with E-state index in [4.69, 9.17) is 4.74 Å². The molecule has 0 saturated carbocycles. The summed E-state index contributed by atoms with van der Waals surface area (Å²) >= 11 is 0. The smallest absolute Gasteiger partial charge is 0.254 e. The lowest BCUT2D eigenvalue weighted by Gasteiger charge is -2.35. The summed E-state index contributed by atoms with van der Waals surface area (Å²) in [5.41, 5.74) is 1.07. The van der Waals surface area contributed by atoms with E-state index in [2.05, 4.69) is 10.3 Å². The fourth-order valence-electron chi connectivity index (χ4n) is 3.81. The highest BCUT2D eigenvalue weighted by molar-refractivity contribution is 6.07. The van der Waals surface area contributed by atoms with Gasteiger partial charge in [-0.05, 0) is 49.4 Å². The second-order valence-corrected chi connectivity index (χ2v) is 7.38. The highest BCUT2D eigenvalue weighted by Gasteiger charge is 2.46. The topological polar surface area (TPSA) is 74.2 Å². The van der Waals surface area contributed by atoms with E-state index in [-0.39, 0.29) is 11.8 Å². The maximum Gasteiger partial charge on any atom is 0.254 e. The Morgan fingerprint density at radius 2 is 2.08 bits per heavy atom. The number of piperidine rings is 1. The van der Waals surface area contributed by atoms with E-state index >= 15 is 0 Å². The average Bonchev–Trinajstić information content (AvgIpc) is 2.98. The molecule has 1 spiro atoms. The van der Waals surface area contributed by atoms with E-state index < -0.39 is 5.54 Å². The van der Waals surface area contributed by atoms with Crippen LogP contribution in [0.1, 0.15) is 35.2 Å². The van der Waals surface area contributed by atoms with Crippen molar-refractivity contribution in [2.24, 2.45) is 4.99 Å². The Labute approximate surface area is 153 Å². The molecule has 1 aromatic carbocycles. The number of ether oxygens (including phenoxy) is 1. The van der Waals surface area contributed by atoms with Crippen LogP contribution in [0.4, 0.5) is 0 Å². The molecule has 3 aliphatic rings. The largest absolute Gasteiger partial charge is 0.493 e. The maximum atomic E-state index is 12.9. The molecule has 3 heterocycles. The monoisotopic (exact) mass is 356 g/mol. The van der Waals surface area contributed by atoms with Crippen molar-refractivity contribution in [2.45, 2.75) is 31.2 Å². The van der Waals surface area contributed by atoms with Gasteiger partial charge in [-0.1, -0.05) is 0 Å². The number of benzene rings is 1. The third-order valence-electron chi connectivity index (χ3n) is 5.42. The van der Waals surface area contributed by atoms with Crippen LogP contribution in [0.2, 0.25) is 0 Å². The van der Waals surface area contributed by atoms with Crippen LogP contribution in [0.5, 0.6) is 5.75 Å². The minimum Gasteiger partial charge on any atom is -0.493 e. The molecule has 0 radical (unpaired) electrons. The van der Waals surface area contributed by atoms with E-state index in [1.807, 2.05) is 37.2 Å². The van der Waals surface area contributed by atoms with Gasteiger partial charge in [0, 0.05) is 32.7 Å². The summed E-state index contributed by atoms with van der Waals surface area (Å²) in [6.45, 7) is 1.81. The van der Waals surface area contributed by atoms with Crippen molar-refractivity contribution >= 4 is 17.8 Å². The number of nitrogens with one attached hydrogen (secondary N) is 1. The van der Waals surface area contributed by atoms with Gasteiger partial charge in [0.2, 0.25) is 5.96 Å². The first-order chi connectivity index (χ1) is 12.5. The van der Waals surface area contributed by atoms with E-state index in [9.17, 15) is 9.59 Å². The predicted molar refractivity (Wildman–Crippen MR) is 97.4 cm³/mol. The molecule has 2 amide bonds. The summed E-state index contributed by atoms with van der Waals surface area (Å²) in [6, 6.07) is 5.68. The Bertz CT molecular complexity index is 779. The third-order valence-corrected chi connectivity index (χ3v) is 5.42. The van der Waals surface area contributed by atoms with Crippen LogP contribution in [0.15, 0.2) is 23.2 Å². The van der Waals surface area contributed by atoms with Crippen molar-refractivity contribution in [1.82, 2.24) is 15.1 Å². The molecule has 7 nitrogen and oxygen atoms in total. The number of amides is 2. The fraction of sp³-hybridized carbons (Fsp3) is 0.526. The first kappa shape index (κ1) is 16.9. The molecule has 1 aromatic rings. The number of aryl methyl sites for hydroxylation is 1. The van der Waals surface area contributed by atoms with Gasteiger partial charge < -0.3 is 14.5 Å². The zero-order chi connectivity index (χ0) is 18.3. The zero-order valence-electron chi connectivity index (χ0n) is 15.2. The number of rotatable bonds is 1. The van der Waals surface area contributed by atoms with Gasteiger partial charge in [-0.15, -0.1) is 0 Å². The lowest BCUT2D eigenvalue weighted by molar-refractivity contribution is -0.125. The van der Waals surface area contributed by atoms with Crippen LogP contribution >= 0.6 is 0 Å². The molecule has 138 valence electrons. The Hall–Kier alpha value is -2.57. The molecule has 0 bridgehead atoms. The van der Waals surface area contributed by atoms with Gasteiger partial charge in [0.05, 0.1) is 6.61 Å². The molecule has 7 heteroatoms. The van der Waals surface area contributed by atoms with Crippen LogP contribution in [0.3, 0.4) is 0 Å². The van der Waals surface area contributed by atoms with Crippen LogP contribution in [-0.4, -0.2) is 66.9 Å². The van der Waals surface area contributed by atoms with Crippen molar-refractivity contribution in [3.63, 3.8) is 0 Å². The molecular weight excluding hydrogens is 332 g/mol. The van der Waals surface area contributed by atoms with Gasteiger partial charge >= 0.3 is 0 Å². The van der Waals surface area contributed by atoms with Crippen molar-refractivity contribution in [3.05, 3.63) is 29.3 Å². The van der Waals surface area contributed by atoms with Gasteiger partial charge in [0.1, 0.15) is 11.3 Å². The molecule has 3 aliphatic heterocycles. The van der Waals surface area contributed by atoms with E-state index in [0.29, 0.717) is 37.5 Å². The highest BCUT2D eigenvalue weighted by Crippen LogP contribution is 2.31. The zero-order valence-corrected chi connectivity index (χ0v) is 15.2. The summed E-state index contributed by atoms with van der Waals surface area (Å²) in [4.78, 5) is 33.5. The average molecular weight is 356 g/mol. The Kier molecular flexibility index (Phi) is 4.09. The fourth-order valence-corrected chi connectivity index (χ4v) is 3.81. The highest BCUT2D eigenvalue weighted by atomic mass is 16.5. The Morgan fingerprint density at radius 1 is 1.31 bits per heavy atom. The number of carbonyl (C=O) groups is 2. The van der Waals surface area contributed by atoms with E-state index in [1.54, 1.807) is 4.90 Å². The standard InChI is InChI=1S/C19H24N4O3/c1-22(2)18-20-17(25)19(21-18)7-9-23(10-8-19)16(24)14-5-6-15-13(12-14)4-3-11-26-15/h5-6,12H,3-4,7-11H2,1-2H3,(H,20,21,25). The molecule has 0 unspecified atom stereocenters. The van der Waals surface area contributed by atoms with Crippen LogP contribution in [-0.2, 0) is 11.2 Å². The Morgan fingerprint density at radius 3 is 2.77 bits per heavy atom. The lowest BCUT2D eigenvalue weighted by Crippen LogP contribution is -2.50. The van der Waals surface area contributed by atoms with Crippen molar-refractivity contribution in [2.75, 3.05) is 33.8 Å². The second-order valence-electron chi connectivity index (χ2n) is 7.38.